The molecule has 0 unspecified atom stereocenters. The second kappa shape index (κ2) is 12.6. The molecule has 1 aromatic carbocycles. The summed E-state index contributed by atoms with van der Waals surface area (Å²) in [7, 11) is 3.77. The van der Waals surface area contributed by atoms with Gasteiger partial charge in [0.05, 0.1) is 29.6 Å². The molecule has 3 aromatic heterocycles. The lowest BCUT2D eigenvalue weighted by molar-refractivity contribution is 0.102. The number of fused-ring (bicyclic) bond motifs is 1. The Balaban J connectivity index is 1.59. The molecule has 1 atom stereocenters. The van der Waals surface area contributed by atoms with Gasteiger partial charge in [-0.25, -0.2) is 9.97 Å². The SMILES string of the molecule is CCCc1ccnc(NC(=O)c2ccc(-c3nc([C@H](C)N(C)C/C=C/COC)n4ccnc(C)c34)cc2)c1. The summed E-state index contributed by atoms with van der Waals surface area (Å²) in [6.45, 7) is 7.64. The number of aromatic nitrogens is 4. The summed E-state index contributed by atoms with van der Waals surface area (Å²) in [5.41, 5.74) is 5.36. The van der Waals surface area contributed by atoms with Crippen molar-refractivity contribution in [3.05, 3.63) is 89.8 Å². The van der Waals surface area contributed by atoms with Crippen molar-refractivity contribution in [2.45, 2.75) is 39.7 Å². The Hall–Kier alpha value is -3.88. The number of ether oxygens (including phenoxy) is 1. The number of rotatable bonds is 11. The first kappa shape index (κ1) is 27.2. The number of amides is 1. The van der Waals surface area contributed by atoms with Gasteiger partial charge < -0.3 is 10.1 Å². The molecule has 8 nitrogen and oxygen atoms in total. The Kier molecular flexibility index (Phi) is 8.99. The van der Waals surface area contributed by atoms with Gasteiger partial charge in [-0.15, -0.1) is 0 Å². The van der Waals surface area contributed by atoms with Gasteiger partial charge in [0.1, 0.15) is 11.6 Å². The topological polar surface area (TPSA) is 84.7 Å². The van der Waals surface area contributed by atoms with Crippen LogP contribution >= 0.6 is 0 Å². The number of benzene rings is 1. The minimum atomic E-state index is -0.192. The van der Waals surface area contributed by atoms with Crippen molar-refractivity contribution in [2.24, 2.45) is 0 Å². The van der Waals surface area contributed by atoms with E-state index in [1.54, 1.807) is 19.5 Å². The lowest BCUT2D eigenvalue weighted by Gasteiger charge is -2.22. The fourth-order valence-corrected chi connectivity index (χ4v) is 4.43. The van der Waals surface area contributed by atoms with Gasteiger partial charge in [0.2, 0.25) is 0 Å². The van der Waals surface area contributed by atoms with E-state index in [2.05, 4.69) is 51.6 Å². The van der Waals surface area contributed by atoms with Crippen molar-refractivity contribution >= 4 is 17.2 Å². The first-order valence-electron chi connectivity index (χ1n) is 13.0. The molecule has 3 heterocycles. The Labute approximate surface area is 224 Å². The van der Waals surface area contributed by atoms with Gasteiger partial charge >= 0.3 is 0 Å². The monoisotopic (exact) mass is 512 g/mol. The van der Waals surface area contributed by atoms with Crippen LogP contribution in [-0.4, -0.2) is 57.5 Å². The van der Waals surface area contributed by atoms with Gasteiger partial charge in [0.15, 0.2) is 0 Å². The zero-order valence-electron chi connectivity index (χ0n) is 22.8. The van der Waals surface area contributed by atoms with Gasteiger partial charge in [-0.2, -0.15) is 0 Å². The van der Waals surface area contributed by atoms with E-state index >= 15 is 0 Å². The number of likely N-dealkylation sites (N-methyl/N-ethyl adjacent to an activating group) is 1. The van der Waals surface area contributed by atoms with Crippen LogP contribution < -0.4 is 5.32 Å². The minimum Gasteiger partial charge on any atom is -0.381 e. The van der Waals surface area contributed by atoms with E-state index in [1.807, 2.05) is 55.6 Å². The molecule has 38 heavy (non-hydrogen) atoms. The second-order valence-electron chi connectivity index (χ2n) is 9.42. The van der Waals surface area contributed by atoms with Gasteiger partial charge in [-0.3, -0.25) is 19.1 Å². The minimum absolute atomic E-state index is 0.0614. The Morgan fingerprint density at radius 1 is 1.16 bits per heavy atom. The summed E-state index contributed by atoms with van der Waals surface area (Å²) in [6.07, 6.45) is 11.6. The highest BCUT2D eigenvalue weighted by Crippen LogP contribution is 2.30. The van der Waals surface area contributed by atoms with E-state index in [1.165, 1.54) is 0 Å². The molecule has 4 rings (SSSR count). The third-order valence-electron chi connectivity index (χ3n) is 6.65. The van der Waals surface area contributed by atoms with Crippen LogP contribution in [0.5, 0.6) is 0 Å². The summed E-state index contributed by atoms with van der Waals surface area (Å²) in [6, 6.07) is 11.5. The molecule has 0 fully saturated rings. The van der Waals surface area contributed by atoms with Crippen molar-refractivity contribution in [3.8, 4) is 11.3 Å². The number of pyridine rings is 1. The predicted octanol–water partition coefficient (Wildman–Crippen LogP) is 5.50. The summed E-state index contributed by atoms with van der Waals surface area (Å²) < 4.78 is 7.22. The predicted molar refractivity (Wildman–Crippen MR) is 151 cm³/mol. The quantitative estimate of drug-likeness (QED) is 0.267. The van der Waals surface area contributed by atoms with Gasteiger partial charge in [0, 0.05) is 43.4 Å². The lowest BCUT2D eigenvalue weighted by atomic mass is 10.1. The number of hydrogen-bond donors (Lipinski definition) is 1. The zero-order chi connectivity index (χ0) is 27.1. The Bertz CT molecular complexity index is 1410. The highest BCUT2D eigenvalue weighted by Gasteiger charge is 2.22. The first-order valence-corrected chi connectivity index (χ1v) is 13.0. The maximum atomic E-state index is 12.9. The van der Waals surface area contributed by atoms with E-state index in [4.69, 9.17) is 9.72 Å². The van der Waals surface area contributed by atoms with Crippen LogP contribution in [0.1, 0.15) is 53.7 Å². The number of methoxy groups -OCH3 is 1. The van der Waals surface area contributed by atoms with Crippen molar-refractivity contribution in [1.82, 2.24) is 24.3 Å². The highest BCUT2D eigenvalue weighted by molar-refractivity contribution is 6.04. The number of anilines is 1. The molecular formula is C30H36N6O2. The third kappa shape index (κ3) is 6.15. The molecule has 4 aromatic rings. The normalized spacial score (nSPS) is 12.5. The molecule has 0 aliphatic rings. The van der Waals surface area contributed by atoms with Crippen LogP contribution in [0.2, 0.25) is 0 Å². The van der Waals surface area contributed by atoms with Gasteiger partial charge in [-0.05, 0) is 57.1 Å². The van der Waals surface area contributed by atoms with E-state index in [0.29, 0.717) is 18.0 Å². The number of nitrogens with one attached hydrogen (secondary N) is 1. The van der Waals surface area contributed by atoms with Crippen LogP contribution in [0.4, 0.5) is 5.82 Å². The lowest BCUT2D eigenvalue weighted by Crippen LogP contribution is -2.24. The third-order valence-corrected chi connectivity index (χ3v) is 6.65. The van der Waals surface area contributed by atoms with E-state index in [-0.39, 0.29) is 11.9 Å². The Morgan fingerprint density at radius 2 is 1.95 bits per heavy atom. The number of hydrogen-bond acceptors (Lipinski definition) is 6. The average Bonchev–Trinajstić information content (AvgIpc) is 3.32. The smallest absolute Gasteiger partial charge is 0.256 e. The van der Waals surface area contributed by atoms with Gasteiger partial charge in [0.25, 0.3) is 5.91 Å². The van der Waals surface area contributed by atoms with E-state index in [9.17, 15) is 4.79 Å². The molecule has 8 heteroatoms. The molecule has 0 aliphatic carbocycles. The summed E-state index contributed by atoms with van der Waals surface area (Å²) in [4.78, 5) is 29.0. The maximum Gasteiger partial charge on any atom is 0.256 e. The molecule has 0 bridgehead atoms. The van der Waals surface area contributed by atoms with Crippen LogP contribution in [0.25, 0.3) is 16.8 Å². The van der Waals surface area contributed by atoms with Crippen LogP contribution in [0.3, 0.4) is 0 Å². The number of aryl methyl sites for hydroxylation is 2. The molecule has 0 saturated heterocycles. The molecular weight excluding hydrogens is 476 g/mol. The number of carbonyl (C=O) groups is 1. The molecule has 0 spiro atoms. The van der Waals surface area contributed by atoms with Crippen molar-refractivity contribution in [3.63, 3.8) is 0 Å². The van der Waals surface area contributed by atoms with E-state index in [0.717, 1.165) is 53.2 Å². The van der Waals surface area contributed by atoms with Crippen molar-refractivity contribution in [2.75, 3.05) is 32.6 Å². The molecule has 1 amide bonds. The average molecular weight is 513 g/mol. The maximum absolute atomic E-state index is 12.9. The molecule has 0 aliphatic heterocycles. The largest absolute Gasteiger partial charge is 0.381 e. The Morgan fingerprint density at radius 3 is 2.68 bits per heavy atom. The summed E-state index contributed by atoms with van der Waals surface area (Å²) in [5, 5.41) is 2.91. The number of nitrogens with zero attached hydrogens (tertiary/aromatic N) is 5. The van der Waals surface area contributed by atoms with Crippen LogP contribution in [0.15, 0.2) is 67.1 Å². The summed E-state index contributed by atoms with van der Waals surface area (Å²) >= 11 is 0. The highest BCUT2D eigenvalue weighted by atomic mass is 16.5. The van der Waals surface area contributed by atoms with Crippen LogP contribution in [-0.2, 0) is 11.2 Å². The number of carbonyl (C=O) groups excluding carboxylic acids is 1. The van der Waals surface area contributed by atoms with Crippen molar-refractivity contribution < 1.29 is 9.53 Å². The zero-order valence-corrected chi connectivity index (χ0v) is 22.8. The van der Waals surface area contributed by atoms with Gasteiger partial charge in [-0.1, -0.05) is 37.6 Å². The molecule has 198 valence electrons. The summed E-state index contributed by atoms with van der Waals surface area (Å²) in [5.74, 6) is 1.30. The van der Waals surface area contributed by atoms with Crippen molar-refractivity contribution in [1.29, 1.82) is 0 Å². The number of imidazole rings is 1. The molecule has 0 saturated carbocycles. The molecule has 0 radical (unpaired) electrons. The fourth-order valence-electron chi connectivity index (χ4n) is 4.43. The standard InChI is InChI=1S/C30H36N6O2/c1-6-9-23-14-15-32-26(20-23)33-30(37)25-12-10-24(11-13-25)27-28-21(2)31-16-18-36(28)29(34-27)22(3)35(4)17-7-8-19-38-5/h7-8,10-16,18,20,22H,6,9,17,19H2,1-5H3,(H,32,33,37)/b8-7+/t22-/m0/s1. The second-order valence-corrected chi connectivity index (χ2v) is 9.42. The molecule has 1 N–H and O–H groups in total. The fraction of sp³-hybridized carbons (Fsp3) is 0.333. The first-order chi connectivity index (χ1) is 18.4. The van der Waals surface area contributed by atoms with Crippen LogP contribution in [0, 0.1) is 6.92 Å². The van der Waals surface area contributed by atoms with E-state index < -0.39 is 0 Å².